The third-order valence-corrected chi connectivity index (χ3v) is 10.9. The minimum absolute atomic E-state index is 0.0471. The summed E-state index contributed by atoms with van der Waals surface area (Å²) < 4.78 is 5.89. The summed E-state index contributed by atoms with van der Waals surface area (Å²) in [6.07, 6.45) is 55.6. The summed E-state index contributed by atoms with van der Waals surface area (Å²) in [7, 11) is 0. The summed E-state index contributed by atoms with van der Waals surface area (Å²) in [6.45, 7) is 6.38. The normalized spacial score (nSPS) is 13.8. The Balaban J connectivity index is 4.70. The second-order valence-corrected chi connectivity index (χ2v) is 16.6. The number of esters is 1. The van der Waals surface area contributed by atoms with Gasteiger partial charge in [0, 0.05) is 6.42 Å². The molecule has 0 saturated carbocycles. The first-order chi connectivity index (χ1) is 28.5. The first-order valence-corrected chi connectivity index (χ1v) is 24.6. The van der Waals surface area contributed by atoms with Crippen molar-refractivity contribution in [2.75, 3.05) is 6.61 Å². The number of ether oxygens (including phenoxy) is 1. The van der Waals surface area contributed by atoms with Crippen LogP contribution in [0.25, 0.3) is 0 Å². The van der Waals surface area contributed by atoms with Gasteiger partial charge in [-0.15, -0.1) is 0 Å². The van der Waals surface area contributed by atoms with Crippen molar-refractivity contribution in [2.24, 2.45) is 0 Å². The lowest BCUT2D eigenvalue weighted by atomic mass is 10.0. The predicted molar refractivity (Wildman–Crippen MR) is 250 cm³/mol. The van der Waals surface area contributed by atoms with Crippen molar-refractivity contribution in [3.63, 3.8) is 0 Å². The lowest BCUT2D eigenvalue weighted by Crippen LogP contribution is -2.46. The summed E-state index contributed by atoms with van der Waals surface area (Å²) in [6, 6.07) is -0.716. The SMILES string of the molecule is CCCC/C=C\CCCCCCCC(=O)OC(CCCCC/C=C/C=C/C=C/C=C/CCCCC)CC(=O)NC(CO)C(O)CCCCCCCCCCCCCC. The van der Waals surface area contributed by atoms with Crippen molar-refractivity contribution < 1.29 is 24.5 Å². The molecule has 6 heteroatoms. The van der Waals surface area contributed by atoms with Crippen molar-refractivity contribution >= 4 is 11.9 Å². The van der Waals surface area contributed by atoms with Gasteiger partial charge in [-0.25, -0.2) is 0 Å². The number of carbonyl (C=O) groups excluding carboxylic acids is 2. The molecule has 0 aromatic carbocycles. The first kappa shape index (κ1) is 55.6. The molecule has 0 aliphatic rings. The molecule has 3 atom stereocenters. The number of hydrogen-bond donors (Lipinski definition) is 3. The third-order valence-electron chi connectivity index (χ3n) is 10.9. The molecule has 0 rings (SSSR count). The Labute approximate surface area is 358 Å². The molecule has 3 N–H and O–H groups in total. The van der Waals surface area contributed by atoms with Gasteiger partial charge < -0.3 is 20.3 Å². The van der Waals surface area contributed by atoms with Gasteiger partial charge in [0.2, 0.25) is 5.91 Å². The second kappa shape index (κ2) is 45.6. The van der Waals surface area contributed by atoms with Crippen molar-refractivity contribution in [3.8, 4) is 0 Å². The van der Waals surface area contributed by atoms with E-state index in [0.29, 0.717) is 19.3 Å². The fraction of sp³-hybridized carbons (Fsp3) is 0.769. The third kappa shape index (κ3) is 40.3. The van der Waals surface area contributed by atoms with Crippen LogP contribution in [0.15, 0.2) is 60.8 Å². The maximum atomic E-state index is 13.2. The molecule has 0 saturated heterocycles. The highest BCUT2D eigenvalue weighted by atomic mass is 16.5. The van der Waals surface area contributed by atoms with E-state index in [1.165, 1.54) is 109 Å². The molecule has 0 fully saturated rings. The van der Waals surface area contributed by atoms with Crippen LogP contribution < -0.4 is 5.32 Å². The van der Waals surface area contributed by atoms with Crippen LogP contribution in [0.1, 0.15) is 233 Å². The van der Waals surface area contributed by atoms with Gasteiger partial charge in [-0.05, 0) is 70.6 Å². The van der Waals surface area contributed by atoms with Crippen molar-refractivity contribution in [3.05, 3.63) is 60.8 Å². The summed E-state index contributed by atoms with van der Waals surface area (Å²) in [4.78, 5) is 26.0. The molecule has 58 heavy (non-hydrogen) atoms. The second-order valence-electron chi connectivity index (χ2n) is 16.6. The Morgan fingerprint density at radius 3 is 1.48 bits per heavy atom. The minimum Gasteiger partial charge on any atom is -0.462 e. The summed E-state index contributed by atoms with van der Waals surface area (Å²) in [5.41, 5.74) is 0. The molecule has 0 bridgehead atoms. The van der Waals surface area contributed by atoms with E-state index in [1.807, 2.05) is 6.08 Å². The number of hydrogen-bond acceptors (Lipinski definition) is 5. The topological polar surface area (TPSA) is 95.9 Å². The lowest BCUT2D eigenvalue weighted by Gasteiger charge is -2.24. The van der Waals surface area contributed by atoms with Crippen LogP contribution in [0, 0.1) is 0 Å². The van der Waals surface area contributed by atoms with Crippen LogP contribution in [-0.4, -0.2) is 46.9 Å². The van der Waals surface area contributed by atoms with Crippen molar-refractivity contribution in [2.45, 2.75) is 251 Å². The fourth-order valence-electron chi connectivity index (χ4n) is 7.13. The van der Waals surface area contributed by atoms with E-state index in [0.717, 1.165) is 77.0 Å². The van der Waals surface area contributed by atoms with Crippen molar-refractivity contribution in [1.29, 1.82) is 0 Å². The molecule has 0 aliphatic heterocycles. The molecule has 0 radical (unpaired) electrons. The minimum atomic E-state index is -0.800. The van der Waals surface area contributed by atoms with Gasteiger partial charge in [-0.2, -0.15) is 0 Å². The van der Waals surface area contributed by atoms with Crippen LogP contribution in [-0.2, 0) is 14.3 Å². The molecule has 0 spiro atoms. The zero-order valence-corrected chi connectivity index (χ0v) is 38.2. The van der Waals surface area contributed by atoms with Gasteiger partial charge in [-0.3, -0.25) is 9.59 Å². The van der Waals surface area contributed by atoms with E-state index < -0.39 is 18.2 Å². The Hall–Kier alpha value is -2.44. The van der Waals surface area contributed by atoms with Gasteiger partial charge in [0.05, 0.1) is 25.2 Å². The van der Waals surface area contributed by atoms with Crippen LogP contribution >= 0.6 is 0 Å². The highest BCUT2D eigenvalue weighted by Crippen LogP contribution is 2.17. The smallest absolute Gasteiger partial charge is 0.306 e. The number of rotatable bonds is 43. The van der Waals surface area contributed by atoms with E-state index in [1.54, 1.807) is 0 Å². The number of allylic oxidation sites excluding steroid dienone is 10. The van der Waals surface area contributed by atoms with Crippen LogP contribution in [0.4, 0.5) is 0 Å². The zero-order valence-electron chi connectivity index (χ0n) is 38.2. The Bertz CT molecular complexity index is 1050. The summed E-state index contributed by atoms with van der Waals surface area (Å²) in [5, 5.41) is 23.7. The molecular formula is C52H93NO5. The molecule has 1 amide bonds. The van der Waals surface area contributed by atoms with Crippen LogP contribution in [0.2, 0.25) is 0 Å². The lowest BCUT2D eigenvalue weighted by molar-refractivity contribution is -0.151. The Kier molecular flexibility index (Phi) is 43.7. The summed E-state index contributed by atoms with van der Waals surface area (Å²) in [5.74, 6) is -0.525. The van der Waals surface area contributed by atoms with Gasteiger partial charge in [-0.1, -0.05) is 210 Å². The van der Waals surface area contributed by atoms with E-state index in [4.69, 9.17) is 4.74 Å². The number of nitrogens with one attached hydrogen (secondary N) is 1. The molecule has 336 valence electrons. The monoisotopic (exact) mass is 812 g/mol. The molecule has 0 aromatic rings. The van der Waals surface area contributed by atoms with Gasteiger partial charge in [0.25, 0.3) is 0 Å². The first-order valence-electron chi connectivity index (χ1n) is 24.6. The largest absolute Gasteiger partial charge is 0.462 e. The van der Waals surface area contributed by atoms with E-state index in [-0.39, 0.29) is 24.9 Å². The molecular weight excluding hydrogens is 719 g/mol. The maximum Gasteiger partial charge on any atom is 0.306 e. The van der Waals surface area contributed by atoms with Crippen molar-refractivity contribution in [1.82, 2.24) is 5.32 Å². The number of amides is 1. The van der Waals surface area contributed by atoms with E-state index in [9.17, 15) is 19.8 Å². The molecule has 0 heterocycles. The van der Waals surface area contributed by atoms with Gasteiger partial charge in [0.15, 0.2) is 0 Å². The molecule has 0 aromatic heterocycles. The Morgan fingerprint density at radius 2 is 0.914 bits per heavy atom. The quantitative estimate of drug-likeness (QED) is 0.0247. The van der Waals surface area contributed by atoms with Gasteiger partial charge >= 0.3 is 5.97 Å². The van der Waals surface area contributed by atoms with E-state index >= 15 is 0 Å². The number of unbranched alkanes of at least 4 members (excludes halogenated alkanes) is 24. The van der Waals surface area contributed by atoms with Gasteiger partial charge in [0.1, 0.15) is 6.10 Å². The number of aliphatic hydroxyl groups excluding tert-OH is 2. The van der Waals surface area contributed by atoms with E-state index in [2.05, 4.69) is 80.8 Å². The number of aliphatic hydroxyl groups is 2. The maximum absolute atomic E-state index is 13.2. The predicted octanol–water partition coefficient (Wildman–Crippen LogP) is 14.5. The Morgan fingerprint density at radius 1 is 0.500 bits per heavy atom. The molecule has 0 aliphatic carbocycles. The average Bonchev–Trinajstić information content (AvgIpc) is 3.22. The van der Waals surface area contributed by atoms with Crippen LogP contribution in [0.3, 0.4) is 0 Å². The highest BCUT2D eigenvalue weighted by molar-refractivity contribution is 5.77. The zero-order chi connectivity index (χ0) is 42.4. The highest BCUT2D eigenvalue weighted by Gasteiger charge is 2.24. The van der Waals surface area contributed by atoms with Crippen LogP contribution in [0.5, 0.6) is 0 Å². The average molecular weight is 812 g/mol. The fourth-order valence-corrected chi connectivity index (χ4v) is 7.13. The summed E-state index contributed by atoms with van der Waals surface area (Å²) >= 11 is 0. The number of carbonyl (C=O) groups is 2. The molecule has 6 nitrogen and oxygen atoms in total. The standard InChI is InChI=1S/C52H93NO5/c1-4-7-10-13-16-19-22-24-25-26-27-29-31-34-37-40-43-48(58-52(57)45-42-39-36-33-28-21-18-15-12-9-6-3)46-51(56)53-49(47-54)50(55)44-41-38-35-32-30-23-20-17-14-11-8-5-2/h15-16,18-19,22,24-27,29,48-50,54-55H,4-14,17,20-21,23,28,30-47H2,1-3H3,(H,53,56)/b18-15-,19-16+,24-22+,26-25+,29-27+. The molecule has 3 unspecified atom stereocenters.